The van der Waals surface area contributed by atoms with Crippen LogP contribution in [-0.4, -0.2) is 12.6 Å². The first-order valence-electron chi connectivity index (χ1n) is 10.6. The highest BCUT2D eigenvalue weighted by molar-refractivity contribution is 5.87. The molecule has 0 N–H and O–H groups in total. The van der Waals surface area contributed by atoms with Crippen LogP contribution in [0.25, 0.3) is 6.08 Å². The van der Waals surface area contributed by atoms with Gasteiger partial charge in [-0.25, -0.2) is 4.79 Å². The molecule has 0 aromatic heterocycles. The third-order valence-electron chi connectivity index (χ3n) is 4.94. The van der Waals surface area contributed by atoms with Crippen molar-refractivity contribution in [3.8, 4) is 0 Å². The summed E-state index contributed by atoms with van der Waals surface area (Å²) >= 11 is 0. The van der Waals surface area contributed by atoms with Gasteiger partial charge in [0.1, 0.15) is 0 Å². The van der Waals surface area contributed by atoms with E-state index in [1.165, 1.54) is 75.0 Å². The molecule has 0 saturated heterocycles. The van der Waals surface area contributed by atoms with Crippen molar-refractivity contribution in [2.45, 2.75) is 91.4 Å². The fourth-order valence-electron chi connectivity index (χ4n) is 3.02. The molecule has 0 fully saturated rings. The maximum absolute atomic E-state index is 11.7. The van der Waals surface area contributed by atoms with Crippen LogP contribution in [0.5, 0.6) is 0 Å². The molecule has 0 aliphatic rings. The maximum atomic E-state index is 11.7. The molecule has 0 bridgehead atoms. The highest BCUT2D eigenvalue weighted by Gasteiger charge is 1.99. The Bertz CT molecular complexity index is 531. The molecule has 146 valence electrons. The number of ether oxygens (including phenoxy) is 1. The van der Waals surface area contributed by atoms with Gasteiger partial charge in [-0.3, -0.25) is 0 Å². The first kappa shape index (κ1) is 22.5. The van der Waals surface area contributed by atoms with Crippen LogP contribution in [0.1, 0.15) is 94.2 Å². The lowest BCUT2D eigenvalue weighted by molar-refractivity contribution is -0.137. The Balaban J connectivity index is 1.98. The zero-order valence-electron chi connectivity index (χ0n) is 17.2. The molecule has 0 spiro atoms. The van der Waals surface area contributed by atoms with Gasteiger partial charge in [0.25, 0.3) is 0 Å². The number of esters is 1. The highest BCUT2D eigenvalue weighted by atomic mass is 16.5. The Kier molecular flexibility index (Phi) is 12.6. The quantitative estimate of drug-likeness (QED) is 0.200. The van der Waals surface area contributed by atoms with Gasteiger partial charge >= 0.3 is 5.97 Å². The normalized spacial score (nSPS) is 11.2. The molecule has 0 saturated carbocycles. The Morgan fingerprint density at radius 1 is 0.846 bits per heavy atom. The van der Waals surface area contributed by atoms with Crippen molar-refractivity contribution in [3.05, 3.63) is 41.0 Å². The Morgan fingerprint density at radius 2 is 1.42 bits per heavy atom. The van der Waals surface area contributed by atoms with E-state index in [-0.39, 0.29) is 5.97 Å². The zero-order valence-corrected chi connectivity index (χ0v) is 17.2. The van der Waals surface area contributed by atoms with E-state index < -0.39 is 0 Å². The number of carbonyl (C=O) groups excluding carboxylic acids is 1. The van der Waals surface area contributed by atoms with Gasteiger partial charge in [0.05, 0.1) is 6.61 Å². The van der Waals surface area contributed by atoms with Crippen molar-refractivity contribution in [3.63, 3.8) is 0 Å². The van der Waals surface area contributed by atoms with Gasteiger partial charge in [-0.2, -0.15) is 0 Å². The van der Waals surface area contributed by atoms with Crippen LogP contribution in [0.3, 0.4) is 0 Å². The van der Waals surface area contributed by atoms with Crippen LogP contribution in [0.15, 0.2) is 24.3 Å². The van der Waals surface area contributed by atoms with E-state index in [1.54, 1.807) is 0 Å². The Hall–Kier alpha value is -1.57. The van der Waals surface area contributed by atoms with E-state index in [4.69, 9.17) is 4.74 Å². The summed E-state index contributed by atoms with van der Waals surface area (Å²) in [6.45, 7) is 6.97. The molecule has 0 aliphatic carbocycles. The van der Waals surface area contributed by atoms with Crippen molar-refractivity contribution in [2.24, 2.45) is 0 Å². The third kappa shape index (κ3) is 11.1. The second-order valence-electron chi connectivity index (χ2n) is 7.38. The first-order valence-corrected chi connectivity index (χ1v) is 10.6. The summed E-state index contributed by atoms with van der Waals surface area (Å²) in [5.41, 5.74) is 3.54. The van der Waals surface area contributed by atoms with Gasteiger partial charge in [0.2, 0.25) is 0 Å². The van der Waals surface area contributed by atoms with Crippen LogP contribution in [0, 0.1) is 13.8 Å². The lowest BCUT2D eigenvalue weighted by Crippen LogP contribution is -2.02. The molecule has 0 heterocycles. The second kappa shape index (κ2) is 14.6. The van der Waals surface area contributed by atoms with Crippen molar-refractivity contribution in [1.29, 1.82) is 0 Å². The number of benzene rings is 1. The average molecular weight is 359 g/mol. The van der Waals surface area contributed by atoms with Crippen molar-refractivity contribution in [2.75, 3.05) is 6.61 Å². The minimum atomic E-state index is -0.240. The van der Waals surface area contributed by atoms with Gasteiger partial charge in [0.15, 0.2) is 0 Å². The van der Waals surface area contributed by atoms with Crippen LogP contribution in [-0.2, 0) is 9.53 Å². The summed E-state index contributed by atoms with van der Waals surface area (Å²) in [5, 5.41) is 0. The smallest absolute Gasteiger partial charge is 0.330 e. The SMILES string of the molecule is CCCCCCCCCCCCCOC(=O)C=Cc1ccc(C)c(C)c1. The second-order valence-corrected chi connectivity index (χ2v) is 7.38. The Morgan fingerprint density at radius 3 is 2.00 bits per heavy atom. The molecule has 1 aromatic rings. The van der Waals surface area contributed by atoms with E-state index in [0.717, 1.165) is 18.4 Å². The Labute approximate surface area is 161 Å². The molecular weight excluding hydrogens is 320 g/mol. The topological polar surface area (TPSA) is 26.3 Å². The minimum Gasteiger partial charge on any atom is -0.463 e. The molecule has 1 aromatic carbocycles. The van der Waals surface area contributed by atoms with Crippen molar-refractivity contribution in [1.82, 2.24) is 0 Å². The lowest BCUT2D eigenvalue weighted by atomic mass is 10.1. The molecular formula is C24H38O2. The van der Waals surface area contributed by atoms with E-state index in [1.807, 2.05) is 12.1 Å². The number of rotatable bonds is 14. The van der Waals surface area contributed by atoms with Crippen LogP contribution >= 0.6 is 0 Å². The highest BCUT2D eigenvalue weighted by Crippen LogP contribution is 2.12. The zero-order chi connectivity index (χ0) is 19.0. The number of aryl methyl sites for hydroxylation is 2. The summed E-state index contributed by atoms with van der Waals surface area (Å²) in [6.07, 6.45) is 17.7. The van der Waals surface area contributed by atoms with Crippen LogP contribution < -0.4 is 0 Å². The van der Waals surface area contributed by atoms with Gasteiger partial charge in [-0.1, -0.05) is 89.3 Å². The summed E-state index contributed by atoms with van der Waals surface area (Å²) < 4.78 is 5.27. The van der Waals surface area contributed by atoms with Crippen LogP contribution in [0.2, 0.25) is 0 Å². The number of unbranched alkanes of at least 4 members (excludes halogenated alkanes) is 10. The predicted molar refractivity (Wildman–Crippen MR) is 112 cm³/mol. The number of hydrogen-bond acceptors (Lipinski definition) is 2. The van der Waals surface area contributed by atoms with Gasteiger partial charge in [-0.15, -0.1) is 0 Å². The maximum Gasteiger partial charge on any atom is 0.330 e. The summed E-state index contributed by atoms with van der Waals surface area (Å²) in [5.74, 6) is -0.240. The molecule has 1 rings (SSSR count). The van der Waals surface area contributed by atoms with E-state index >= 15 is 0 Å². The van der Waals surface area contributed by atoms with Gasteiger partial charge in [0, 0.05) is 6.08 Å². The fourth-order valence-corrected chi connectivity index (χ4v) is 3.02. The largest absolute Gasteiger partial charge is 0.463 e. The molecule has 2 heteroatoms. The first-order chi connectivity index (χ1) is 12.6. The van der Waals surface area contributed by atoms with Crippen molar-refractivity contribution >= 4 is 12.0 Å². The minimum absolute atomic E-state index is 0.240. The van der Waals surface area contributed by atoms with Gasteiger partial charge in [-0.05, 0) is 43.0 Å². The monoisotopic (exact) mass is 358 g/mol. The van der Waals surface area contributed by atoms with E-state index in [9.17, 15) is 4.79 Å². The standard InChI is InChI=1S/C24H38O2/c1-4-5-6-7-8-9-10-11-12-13-14-19-26-24(25)18-17-23-16-15-21(2)22(3)20-23/h15-18,20H,4-14,19H2,1-3H3. The fraction of sp³-hybridized carbons (Fsp3) is 0.625. The van der Waals surface area contributed by atoms with Crippen LogP contribution in [0.4, 0.5) is 0 Å². The molecule has 2 nitrogen and oxygen atoms in total. The third-order valence-corrected chi connectivity index (χ3v) is 4.94. The van der Waals surface area contributed by atoms with Crippen molar-refractivity contribution < 1.29 is 9.53 Å². The number of hydrogen-bond donors (Lipinski definition) is 0. The molecule has 0 radical (unpaired) electrons. The summed E-state index contributed by atoms with van der Waals surface area (Å²) in [4.78, 5) is 11.7. The molecule has 0 atom stereocenters. The molecule has 0 unspecified atom stereocenters. The molecule has 0 aliphatic heterocycles. The predicted octanol–water partition coefficient (Wildman–Crippen LogP) is 7.17. The molecule has 0 amide bonds. The summed E-state index contributed by atoms with van der Waals surface area (Å²) in [6, 6.07) is 6.18. The van der Waals surface area contributed by atoms with Gasteiger partial charge < -0.3 is 4.74 Å². The summed E-state index contributed by atoms with van der Waals surface area (Å²) in [7, 11) is 0. The average Bonchev–Trinajstić information content (AvgIpc) is 2.63. The lowest BCUT2D eigenvalue weighted by Gasteiger charge is -2.04. The number of carbonyl (C=O) groups is 1. The van der Waals surface area contributed by atoms with E-state index in [2.05, 4.69) is 32.9 Å². The van der Waals surface area contributed by atoms with E-state index in [0.29, 0.717) is 6.61 Å². The molecule has 26 heavy (non-hydrogen) atoms.